The third-order valence-corrected chi connectivity index (χ3v) is 5.66. The number of piperazine rings is 1. The molecule has 4 heterocycles. The van der Waals surface area contributed by atoms with E-state index in [-0.39, 0.29) is 6.04 Å². The second-order valence-electron chi connectivity index (χ2n) is 7.00. The van der Waals surface area contributed by atoms with Crippen LogP contribution in [0, 0.1) is 6.92 Å². The van der Waals surface area contributed by atoms with Crippen molar-refractivity contribution in [3.05, 3.63) is 34.6 Å². The third-order valence-electron chi connectivity index (χ3n) is 4.84. The average Bonchev–Trinajstić information content (AvgIpc) is 3.24. The zero-order valence-electron chi connectivity index (χ0n) is 15.2. The number of imidazole rings is 2. The lowest BCUT2D eigenvalue weighted by atomic mass is 10.1. The van der Waals surface area contributed by atoms with Gasteiger partial charge in [0.15, 0.2) is 0 Å². The van der Waals surface area contributed by atoms with Crippen molar-refractivity contribution in [2.75, 3.05) is 19.6 Å². The van der Waals surface area contributed by atoms with E-state index in [2.05, 4.69) is 40.7 Å². The van der Waals surface area contributed by atoms with Crippen LogP contribution in [0.4, 0.5) is 0 Å². The largest absolute Gasteiger partial charge is 0.337 e. The summed E-state index contributed by atoms with van der Waals surface area (Å²) in [5, 5.41) is 9.26. The molecule has 0 saturated carbocycles. The molecule has 1 atom stereocenters. The molecule has 0 amide bonds. The molecule has 1 N–H and O–H groups in total. The smallest absolute Gasteiger partial charge is 0.212 e. The van der Waals surface area contributed by atoms with Crippen molar-refractivity contribution in [3.63, 3.8) is 0 Å². The highest BCUT2D eigenvalue weighted by atomic mass is 32.1. The van der Waals surface area contributed by atoms with Gasteiger partial charge in [-0.05, 0) is 12.8 Å². The molecule has 1 aliphatic heterocycles. The van der Waals surface area contributed by atoms with E-state index in [1.807, 2.05) is 23.8 Å². The maximum Gasteiger partial charge on any atom is 0.212 e. The van der Waals surface area contributed by atoms with Gasteiger partial charge < -0.3 is 9.88 Å². The molecule has 1 aliphatic rings. The number of hydrogen-bond acceptors (Lipinski definition) is 6. The Labute approximate surface area is 151 Å². The van der Waals surface area contributed by atoms with Gasteiger partial charge in [-0.25, -0.2) is 14.5 Å². The van der Waals surface area contributed by atoms with E-state index in [1.165, 1.54) is 5.69 Å². The molecule has 3 aromatic rings. The molecule has 0 spiro atoms. The lowest BCUT2D eigenvalue weighted by Gasteiger charge is -2.35. The summed E-state index contributed by atoms with van der Waals surface area (Å²) in [6, 6.07) is 0.263. The molecular formula is C17H25N7S. The van der Waals surface area contributed by atoms with E-state index in [0.29, 0.717) is 5.92 Å². The zero-order valence-corrected chi connectivity index (χ0v) is 16.0. The first-order valence-corrected chi connectivity index (χ1v) is 9.63. The Kier molecular flexibility index (Phi) is 4.35. The van der Waals surface area contributed by atoms with Gasteiger partial charge >= 0.3 is 0 Å². The van der Waals surface area contributed by atoms with Crippen molar-refractivity contribution >= 4 is 16.3 Å². The molecule has 0 aromatic carbocycles. The van der Waals surface area contributed by atoms with E-state index in [4.69, 9.17) is 10.1 Å². The first kappa shape index (κ1) is 16.7. The van der Waals surface area contributed by atoms with Gasteiger partial charge in [-0.1, -0.05) is 25.2 Å². The maximum atomic E-state index is 4.86. The molecule has 0 bridgehead atoms. The van der Waals surface area contributed by atoms with E-state index in [1.54, 1.807) is 11.3 Å². The minimum atomic E-state index is 0.263. The highest BCUT2D eigenvalue weighted by Gasteiger charge is 2.29. The maximum absolute atomic E-state index is 4.86. The van der Waals surface area contributed by atoms with E-state index >= 15 is 0 Å². The number of fused-ring (bicyclic) bond motifs is 1. The molecule has 8 heteroatoms. The standard InChI is InChI=1S/C17H25N7S/c1-11(2)15-14(24-17(20-15)25-12(3)21-24)10-23-8-5-18-9-13(23)16-19-6-7-22(16)4/h6-7,11,13,18H,5,8-10H2,1-4H3. The van der Waals surface area contributed by atoms with Crippen LogP contribution in [0.15, 0.2) is 12.4 Å². The number of hydrogen-bond donors (Lipinski definition) is 1. The molecule has 1 fully saturated rings. The van der Waals surface area contributed by atoms with Gasteiger partial charge in [-0.2, -0.15) is 5.10 Å². The summed E-state index contributed by atoms with van der Waals surface area (Å²) < 4.78 is 4.17. The highest BCUT2D eigenvalue weighted by Crippen LogP contribution is 2.28. The quantitative estimate of drug-likeness (QED) is 0.773. The SMILES string of the molecule is Cc1nn2c(CN3CCNCC3c3nccn3C)c(C(C)C)nc2s1. The Morgan fingerprint density at radius 1 is 1.40 bits per heavy atom. The zero-order chi connectivity index (χ0) is 17.6. The lowest BCUT2D eigenvalue weighted by Crippen LogP contribution is -2.46. The first-order valence-electron chi connectivity index (χ1n) is 8.81. The van der Waals surface area contributed by atoms with Crippen molar-refractivity contribution in [1.82, 2.24) is 34.4 Å². The first-order chi connectivity index (χ1) is 12.0. The van der Waals surface area contributed by atoms with Crippen LogP contribution < -0.4 is 5.32 Å². The van der Waals surface area contributed by atoms with Crippen LogP contribution in [0.2, 0.25) is 0 Å². The van der Waals surface area contributed by atoms with Crippen LogP contribution in [-0.2, 0) is 13.6 Å². The molecule has 1 unspecified atom stereocenters. The third kappa shape index (κ3) is 2.98. The topological polar surface area (TPSA) is 63.3 Å². The predicted octanol–water partition coefficient (Wildman–Crippen LogP) is 2.10. The average molecular weight is 360 g/mol. The summed E-state index contributed by atoms with van der Waals surface area (Å²) in [6.07, 6.45) is 3.89. The number of rotatable bonds is 4. The Hall–Kier alpha value is -1.77. The van der Waals surface area contributed by atoms with Crippen molar-refractivity contribution in [1.29, 1.82) is 0 Å². The van der Waals surface area contributed by atoms with Gasteiger partial charge in [0.1, 0.15) is 10.8 Å². The summed E-state index contributed by atoms with van der Waals surface area (Å²) in [5.41, 5.74) is 2.38. The van der Waals surface area contributed by atoms with Crippen molar-refractivity contribution in [3.8, 4) is 0 Å². The molecule has 0 aliphatic carbocycles. The highest BCUT2D eigenvalue weighted by molar-refractivity contribution is 7.16. The Bertz CT molecular complexity index is 875. The fourth-order valence-corrected chi connectivity index (χ4v) is 4.36. The monoisotopic (exact) mass is 359 g/mol. The summed E-state index contributed by atoms with van der Waals surface area (Å²) in [6.45, 7) is 10.2. The summed E-state index contributed by atoms with van der Waals surface area (Å²) in [4.78, 5) is 13.0. The summed E-state index contributed by atoms with van der Waals surface area (Å²) in [7, 11) is 2.06. The van der Waals surface area contributed by atoms with Crippen molar-refractivity contribution in [2.45, 2.75) is 39.3 Å². The fourth-order valence-electron chi connectivity index (χ4n) is 3.59. The van der Waals surface area contributed by atoms with E-state index in [9.17, 15) is 0 Å². The molecule has 7 nitrogen and oxygen atoms in total. The normalized spacial score (nSPS) is 19.3. The van der Waals surface area contributed by atoms with Crippen LogP contribution in [0.5, 0.6) is 0 Å². The molecule has 0 radical (unpaired) electrons. The van der Waals surface area contributed by atoms with E-state index in [0.717, 1.165) is 47.7 Å². The number of nitrogens with zero attached hydrogens (tertiary/aromatic N) is 6. The van der Waals surface area contributed by atoms with E-state index < -0.39 is 0 Å². The number of nitrogens with one attached hydrogen (secondary N) is 1. The Morgan fingerprint density at radius 3 is 2.96 bits per heavy atom. The van der Waals surface area contributed by atoms with Gasteiger partial charge in [0.05, 0.1) is 17.4 Å². The van der Waals surface area contributed by atoms with Crippen molar-refractivity contribution < 1.29 is 0 Å². The van der Waals surface area contributed by atoms with Gasteiger partial charge in [-0.15, -0.1) is 0 Å². The Balaban J connectivity index is 1.71. The second-order valence-corrected chi connectivity index (χ2v) is 8.16. The van der Waals surface area contributed by atoms with Gasteiger partial charge in [0, 0.05) is 45.6 Å². The number of aromatic nitrogens is 5. The van der Waals surface area contributed by atoms with Crippen molar-refractivity contribution in [2.24, 2.45) is 7.05 Å². The van der Waals surface area contributed by atoms with Gasteiger partial charge in [-0.3, -0.25) is 4.90 Å². The van der Waals surface area contributed by atoms with Crippen LogP contribution >= 0.6 is 11.3 Å². The minimum absolute atomic E-state index is 0.263. The van der Waals surface area contributed by atoms with Crippen LogP contribution in [0.25, 0.3) is 4.96 Å². The Morgan fingerprint density at radius 2 is 2.24 bits per heavy atom. The second kappa shape index (κ2) is 6.51. The molecule has 3 aromatic heterocycles. The minimum Gasteiger partial charge on any atom is -0.337 e. The molecular weight excluding hydrogens is 334 g/mol. The predicted molar refractivity (Wildman–Crippen MR) is 98.9 cm³/mol. The molecule has 25 heavy (non-hydrogen) atoms. The number of aryl methyl sites for hydroxylation is 2. The van der Waals surface area contributed by atoms with Crippen LogP contribution in [0.3, 0.4) is 0 Å². The molecule has 1 saturated heterocycles. The summed E-state index contributed by atoms with van der Waals surface area (Å²) >= 11 is 1.66. The fraction of sp³-hybridized carbons (Fsp3) is 0.588. The van der Waals surface area contributed by atoms with Gasteiger partial charge in [0.25, 0.3) is 0 Å². The van der Waals surface area contributed by atoms with Gasteiger partial charge in [0.2, 0.25) is 4.96 Å². The lowest BCUT2D eigenvalue weighted by molar-refractivity contribution is 0.141. The van der Waals surface area contributed by atoms with Crippen LogP contribution in [-0.4, -0.2) is 48.7 Å². The molecule has 4 rings (SSSR count). The van der Waals surface area contributed by atoms with Crippen LogP contribution in [0.1, 0.15) is 48.0 Å². The molecule has 134 valence electrons. The summed E-state index contributed by atoms with van der Waals surface area (Å²) in [5.74, 6) is 1.49.